The van der Waals surface area contributed by atoms with Crippen molar-refractivity contribution in [1.82, 2.24) is 4.72 Å². The van der Waals surface area contributed by atoms with Gasteiger partial charge in [0.05, 0.1) is 10.5 Å². The Labute approximate surface area is 118 Å². The van der Waals surface area contributed by atoms with Gasteiger partial charge in [0.15, 0.2) is 0 Å². The number of benzene rings is 1. The van der Waals surface area contributed by atoms with Crippen molar-refractivity contribution in [2.75, 3.05) is 24.3 Å². The molecule has 0 heterocycles. The van der Waals surface area contributed by atoms with Gasteiger partial charge in [-0.3, -0.25) is 0 Å². The van der Waals surface area contributed by atoms with Crippen molar-refractivity contribution in [3.63, 3.8) is 0 Å². The highest BCUT2D eigenvalue weighted by Crippen LogP contribution is 2.18. The molecule has 108 valence electrons. The quantitative estimate of drug-likeness (QED) is 0.681. The van der Waals surface area contributed by atoms with Crippen LogP contribution in [0, 0.1) is 6.92 Å². The van der Waals surface area contributed by atoms with E-state index in [4.69, 9.17) is 5.73 Å². The number of hydrogen-bond acceptors (Lipinski definition) is 5. The topological polar surface area (TPSA) is 92.4 Å². The van der Waals surface area contributed by atoms with Gasteiger partial charge in [-0.25, -0.2) is 13.1 Å². The van der Waals surface area contributed by atoms with E-state index >= 15 is 0 Å². The average Bonchev–Trinajstić information content (AvgIpc) is 2.26. The van der Waals surface area contributed by atoms with E-state index in [9.17, 15) is 13.5 Å². The average molecular weight is 304 g/mol. The van der Waals surface area contributed by atoms with Crippen molar-refractivity contribution in [2.45, 2.75) is 24.3 Å². The number of rotatable bonds is 6. The van der Waals surface area contributed by atoms with Gasteiger partial charge in [0, 0.05) is 18.0 Å². The largest absolute Gasteiger partial charge is 0.399 e. The standard InChI is InChI=1S/C12H20N2O3S2/c1-9-6-10(13)4-5-11(9)19(16,17)14-7-12(2,15)8-18-3/h4-6,14-15H,7-8,13H2,1-3H3. The minimum absolute atomic E-state index is 0.0278. The number of thioether (sulfide) groups is 1. The fraction of sp³-hybridized carbons (Fsp3) is 0.500. The summed E-state index contributed by atoms with van der Waals surface area (Å²) >= 11 is 1.46. The first-order valence-corrected chi connectivity index (χ1v) is 8.63. The van der Waals surface area contributed by atoms with Crippen molar-refractivity contribution in [3.05, 3.63) is 23.8 Å². The molecule has 0 saturated carbocycles. The Balaban J connectivity index is 2.87. The summed E-state index contributed by atoms with van der Waals surface area (Å²) in [6.07, 6.45) is 1.85. The number of aryl methyl sites for hydroxylation is 1. The summed E-state index contributed by atoms with van der Waals surface area (Å²) in [4.78, 5) is 0.182. The first-order valence-electron chi connectivity index (χ1n) is 5.75. The third-order valence-corrected chi connectivity index (χ3v) is 5.06. The Hall–Kier alpha value is -0.760. The van der Waals surface area contributed by atoms with Crippen LogP contribution in [-0.2, 0) is 10.0 Å². The summed E-state index contributed by atoms with van der Waals surface area (Å²) in [5.41, 5.74) is 5.62. The highest BCUT2D eigenvalue weighted by molar-refractivity contribution is 7.98. The third kappa shape index (κ3) is 4.68. The first kappa shape index (κ1) is 16.3. The van der Waals surface area contributed by atoms with Gasteiger partial charge in [-0.2, -0.15) is 11.8 Å². The molecule has 0 radical (unpaired) electrons. The minimum atomic E-state index is -3.63. The number of nitrogen functional groups attached to an aromatic ring is 1. The molecule has 0 aliphatic rings. The van der Waals surface area contributed by atoms with Crippen LogP contribution in [0.4, 0.5) is 5.69 Å². The van der Waals surface area contributed by atoms with E-state index < -0.39 is 15.6 Å². The number of aliphatic hydroxyl groups is 1. The second-order valence-corrected chi connectivity index (χ2v) is 7.38. The fourth-order valence-electron chi connectivity index (χ4n) is 1.66. The van der Waals surface area contributed by atoms with Crippen molar-refractivity contribution >= 4 is 27.5 Å². The molecular formula is C12H20N2O3S2. The monoisotopic (exact) mass is 304 g/mol. The van der Waals surface area contributed by atoms with E-state index in [1.165, 1.54) is 17.8 Å². The van der Waals surface area contributed by atoms with Gasteiger partial charge in [-0.1, -0.05) is 0 Å². The second-order valence-electron chi connectivity index (χ2n) is 4.78. The molecular weight excluding hydrogens is 284 g/mol. The van der Waals surface area contributed by atoms with Gasteiger partial charge < -0.3 is 10.8 Å². The number of anilines is 1. The SMILES string of the molecule is CSCC(C)(O)CNS(=O)(=O)c1ccc(N)cc1C. The van der Waals surface area contributed by atoms with E-state index in [1.54, 1.807) is 26.0 Å². The van der Waals surface area contributed by atoms with Crippen molar-refractivity contribution in [1.29, 1.82) is 0 Å². The minimum Gasteiger partial charge on any atom is -0.399 e. The lowest BCUT2D eigenvalue weighted by molar-refractivity contribution is 0.0908. The fourth-order valence-corrected chi connectivity index (χ4v) is 3.77. The molecule has 1 aromatic rings. The van der Waals surface area contributed by atoms with E-state index in [1.807, 2.05) is 6.26 Å². The molecule has 19 heavy (non-hydrogen) atoms. The second kappa shape index (κ2) is 6.13. The molecule has 0 amide bonds. The molecule has 0 saturated heterocycles. The Morgan fingerprint density at radius 2 is 2.11 bits per heavy atom. The maximum Gasteiger partial charge on any atom is 0.240 e. The summed E-state index contributed by atoms with van der Waals surface area (Å²) in [5.74, 6) is 0.455. The summed E-state index contributed by atoms with van der Waals surface area (Å²) in [6.45, 7) is 3.26. The molecule has 0 aliphatic carbocycles. The van der Waals surface area contributed by atoms with Crippen LogP contribution in [0.2, 0.25) is 0 Å². The lowest BCUT2D eigenvalue weighted by atomic mass is 10.1. The molecule has 1 aromatic carbocycles. The molecule has 0 spiro atoms. The van der Waals surface area contributed by atoms with Gasteiger partial charge in [0.2, 0.25) is 10.0 Å². The highest BCUT2D eigenvalue weighted by atomic mass is 32.2. The zero-order valence-corrected chi connectivity index (χ0v) is 12.9. The van der Waals surface area contributed by atoms with Crippen LogP contribution < -0.4 is 10.5 Å². The molecule has 0 bridgehead atoms. The molecule has 1 atom stereocenters. The molecule has 5 nitrogen and oxygen atoms in total. The zero-order valence-electron chi connectivity index (χ0n) is 11.3. The maximum atomic E-state index is 12.1. The molecule has 1 unspecified atom stereocenters. The van der Waals surface area contributed by atoms with E-state index in [2.05, 4.69) is 4.72 Å². The summed E-state index contributed by atoms with van der Waals surface area (Å²) in [7, 11) is -3.63. The van der Waals surface area contributed by atoms with Crippen molar-refractivity contribution in [3.8, 4) is 0 Å². The van der Waals surface area contributed by atoms with Gasteiger partial charge in [-0.05, 0) is 43.9 Å². The van der Waals surface area contributed by atoms with Crippen LogP contribution in [0.15, 0.2) is 23.1 Å². The summed E-state index contributed by atoms with van der Waals surface area (Å²) < 4.78 is 26.7. The Morgan fingerprint density at radius 3 is 2.63 bits per heavy atom. The van der Waals surface area contributed by atoms with Crippen molar-refractivity contribution in [2.24, 2.45) is 0 Å². The molecule has 4 N–H and O–H groups in total. The number of hydrogen-bond donors (Lipinski definition) is 3. The molecule has 0 aromatic heterocycles. The smallest absolute Gasteiger partial charge is 0.240 e. The predicted molar refractivity (Wildman–Crippen MR) is 79.8 cm³/mol. The van der Waals surface area contributed by atoms with Crippen LogP contribution in [-0.4, -0.2) is 37.7 Å². The molecule has 1 rings (SSSR count). The van der Waals surface area contributed by atoms with E-state index in [-0.39, 0.29) is 11.4 Å². The van der Waals surface area contributed by atoms with Gasteiger partial charge in [0.1, 0.15) is 0 Å². The van der Waals surface area contributed by atoms with E-state index in [0.29, 0.717) is 17.0 Å². The van der Waals surface area contributed by atoms with Crippen LogP contribution in [0.3, 0.4) is 0 Å². The van der Waals surface area contributed by atoms with Gasteiger partial charge >= 0.3 is 0 Å². The zero-order chi connectivity index (χ0) is 14.7. The Bertz CT molecular complexity index is 542. The lowest BCUT2D eigenvalue weighted by Gasteiger charge is -2.22. The van der Waals surface area contributed by atoms with Crippen LogP contribution in [0.5, 0.6) is 0 Å². The Morgan fingerprint density at radius 1 is 1.47 bits per heavy atom. The van der Waals surface area contributed by atoms with Crippen LogP contribution >= 0.6 is 11.8 Å². The first-order chi connectivity index (χ1) is 8.68. The number of sulfonamides is 1. The van der Waals surface area contributed by atoms with Crippen LogP contribution in [0.25, 0.3) is 0 Å². The number of nitrogens with one attached hydrogen (secondary N) is 1. The number of nitrogens with two attached hydrogens (primary N) is 1. The molecule has 0 aliphatic heterocycles. The van der Waals surface area contributed by atoms with Gasteiger partial charge in [-0.15, -0.1) is 0 Å². The maximum absolute atomic E-state index is 12.1. The lowest BCUT2D eigenvalue weighted by Crippen LogP contribution is -2.42. The summed E-state index contributed by atoms with van der Waals surface area (Å²) in [5, 5.41) is 9.97. The van der Waals surface area contributed by atoms with Crippen molar-refractivity contribution < 1.29 is 13.5 Å². The Kier molecular flexibility index (Phi) is 5.26. The van der Waals surface area contributed by atoms with Crippen LogP contribution in [0.1, 0.15) is 12.5 Å². The normalized spacial score (nSPS) is 15.2. The molecule has 0 fully saturated rings. The summed E-state index contributed by atoms with van der Waals surface area (Å²) in [6, 6.07) is 4.62. The van der Waals surface area contributed by atoms with E-state index in [0.717, 1.165) is 0 Å². The third-order valence-electron chi connectivity index (χ3n) is 2.59. The molecule has 7 heteroatoms. The predicted octanol–water partition coefficient (Wildman–Crippen LogP) is 0.970. The van der Waals surface area contributed by atoms with Gasteiger partial charge in [0.25, 0.3) is 0 Å². The highest BCUT2D eigenvalue weighted by Gasteiger charge is 2.24.